The summed E-state index contributed by atoms with van der Waals surface area (Å²) in [7, 11) is 0. The molecule has 0 spiro atoms. The van der Waals surface area contributed by atoms with Crippen LogP contribution in [0.1, 0.15) is 0 Å². The molecule has 0 saturated carbocycles. The van der Waals surface area contributed by atoms with Crippen LogP contribution in [0.15, 0.2) is 0 Å². The zero-order valence-corrected chi connectivity index (χ0v) is 14.0. The molecule has 0 saturated heterocycles. The fraction of sp³-hybridized carbons (Fsp3) is 0. The first-order valence-electron chi connectivity index (χ1n) is 0. The van der Waals surface area contributed by atoms with Crippen molar-refractivity contribution < 1.29 is 51.5 Å². The van der Waals surface area contributed by atoms with E-state index in [0.29, 0.717) is 0 Å². The standard InChI is InChI=1S/Bi.4FH.HI.Na.Y.4H/h;5*1H;;;;;;. The molecule has 0 aliphatic rings. The molecule has 0 atom stereocenters. The average molecular weight is 533 g/mol. The van der Waals surface area contributed by atoms with Gasteiger partial charge in [-0.15, -0.1) is 24.0 Å². The molecule has 8 heteroatoms. The molecule has 0 amide bonds. The van der Waals surface area contributed by atoms with E-state index in [1.807, 2.05) is 0 Å². The minimum Gasteiger partial charge on any atom is 0 e. The number of hydrogen-bond acceptors (Lipinski definition) is 0. The van der Waals surface area contributed by atoms with Gasteiger partial charge < -0.3 is 0 Å². The Bertz CT molecular complexity index is 16.0. The third-order valence-corrected chi connectivity index (χ3v) is 0. The molecular weight excluding hydrogens is 524 g/mol. The molecule has 0 aromatic heterocycles. The summed E-state index contributed by atoms with van der Waals surface area (Å²) in [5.74, 6) is 0. The van der Waals surface area contributed by atoms with Gasteiger partial charge in [-0.25, -0.2) is 0 Å². The number of halogens is 5. The first-order chi connectivity index (χ1) is 0. The Kier molecular flexibility index (Phi) is 1040. The van der Waals surface area contributed by atoms with Crippen LogP contribution in [0.2, 0.25) is 0 Å². The van der Waals surface area contributed by atoms with E-state index < -0.39 is 0 Å². The van der Waals surface area contributed by atoms with E-state index in [4.69, 9.17) is 0 Å². The van der Waals surface area contributed by atoms with Gasteiger partial charge in [-0.05, 0) is 0 Å². The van der Waals surface area contributed by atoms with Crippen molar-refractivity contribution in [1.29, 1.82) is 0 Å². The van der Waals surface area contributed by atoms with Crippen molar-refractivity contribution in [2.45, 2.75) is 0 Å². The van der Waals surface area contributed by atoms with Gasteiger partial charge in [0.15, 0.2) is 0 Å². The van der Waals surface area contributed by atoms with E-state index in [0.717, 1.165) is 0 Å². The van der Waals surface area contributed by atoms with Crippen molar-refractivity contribution in [2.24, 2.45) is 0 Å². The molecule has 0 heterocycles. The van der Waals surface area contributed by atoms with Gasteiger partial charge in [0.1, 0.15) is 0 Å². The average Bonchev–Trinajstić information content (AvgIpc) is 0. The fourth-order valence-corrected chi connectivity index (χ4v) is 0. The van der Waals surface area contributed by atoms with Gasteiger partial charge in [-0.3, -0.25) is 18.8 Å². The maximum absolute atomic E-state index is 0. The Labute approximate surface area is 128 Å². The molecule has 8 heavy (non-hydrogen) atoms. The summed E-state index contributed by atoms with van der Waals surface area (Å²) in [6, 6.07) is 0. The molecule has 0 unspecified atom stereocenters. The van der Waals surface area contributed by atoms with Crippen LogP contribution in [0.5, 0.6) is 0 Å². The second-order valence-corrected chi connectivity index (χ2v) is 0. The van der Waals surface area contributed by atoms with Crippen molar-refractivity contribution in [3.05, 3.63) is 0 Å². The van der Waals surface area contributed by atoms with Gasteiger partial charge in [0.25, 0.3) is 0 Å². The van der Waals surface area contributed by atoms with Crippen LogP contribution in [-0.4, -0.2) is 55.8 Å². The summed E-state index contributed by atoms with van der Waals surface area (Å²) in [6.07, 6.45) is 0. The molecule has 0 aliphatic heterocycles. The van der Waals surface area contributed by atoms with Gasteiger partial charge in [0.2, 0.25) is 0 Å². The van der Waals surface area contributed by atoms with E-state index in [-0.39, 0.29) is 131 Å². The summed E-state index contributed by atoms with van der Waals surface area (Å²) in [5, 5.41) is 0. The van der Waals surface area contributed by atoms with Gasteiger partial charge in [0, 0.05) is 32.7 Å². The van der Waals surface area contributed by atoms with E-state index in [9.17, 15) is 0 Å². The predicted octanol–water partition coefficient (Wildman–Crippen LogP) is -0.607. The zero-order chi connectivity index (χ0) is 0. The fourth-order valence-electron chi connectivity index (χ4n) is 0. The Morgan fingerprint density at radius 2 is 0.625 bits per heavy atom. The van der Waals surface area contributed by atoms with Gasteiger partial charge in [-0.2, -0.15) is 0 Å². The number of hydrogen-bond donors (Lipinski definition) is 0. The molecule has 0 nitrogen and oxygen atoms in total. The third-order valence-electron chi connectivity index (χ3n) is 0. The van der Waals surface area contributed by atoms with E-state index >= 15 is 0 Å². The van der Waals surface area contributed by atoms with Crippen LogP contribution in [0, 0.1) is 0 Å². The van der Waals surface area contributed by atoms with E-state index in [1.165, 1.54) is 0 Å². The summed E-state index contributed by atoms with van der Waals surface area (Å²) < 4.78 is 0. The minimum atomic E-state index is 0. The second-order valence-electron chi connectivity index (χ2n) is 0. The third kappa shape index (κ3) is 56.9. The SMILES string of the molecule is F.F.F.F.I.[BiH3].[NaH].[Y]. The van der Waals surface area contributed by atoms with Crippen LogP contribution in [-0.2, 0) is 32.7 Å². The smallest absolute Gasteiger partial charge is 0 e. The van der Waals surface area contributed by atoms with Crippen LogP contribution in [0.25, 0.3) is 0 Å². The Hall–Kier alpha value is 3.44. The molecule has 0 fully saturated rings. The quantitative estimate of drug-likeness (QED) is 0.222. The predicted molar refractivity (Wildman–Crippen MR) is 42.5 cm³/mol. The van der Waals surface area contributed by atoms with Crippen molar-refractivity contribution in [3.8, 4) is 0 Å². The van der Waals surface area contributed by atoms with Crippen molar-refractivity contribution in [1.82, 2.24) is 0 Å². The van der Waals surface area contributed by atoms with E-state index in [2.05, 4.69) is 0 Å². The van der Waals surface area contributed by atoms with Crippen molar-refractivity contribution >= 4 is 79.7 Å². The zero-order valence-electron chi connectivity index (χ0n) is 3.33. The summed E-state index contributed by atoms with van der Waals surface area (Å²) in [6.45, 7) is 0. The molecular formula is H9BiF4INaY. The monoisotopic (exact) mass is 533 g/mol. The van der Waals surface area contributed by atoms with Crippen molar-refractivity contribution in [2.75, 3.05) is 0 Å². The first kappa shape index (κ1) is 105. The van der Waals surface area contributed by atoms with Crippen LogP contribution in [0.4, 0.5) is 18.8 Å². The molecule has 0 aliphatic carbocycles. The molecule has 0 rings (SSSR count). The molecule has 0 bridgehead atoms. The Morgan fingerprint density at radius 3 is 0.625 bits per heavy atom. The van der Waals surface area contributed by atoms with Crippen LogP contribution >= 0.6 is 24.0 Å². The summed E-state index contributed by atoms with van der Waals surface area (Å²) in [4.78, 5) is 0. The minimum absolute atomic E-state index is 0. The second kappa shape index (κ2) is 78.7. The largest absolute Gasteiger partial charge is 0 e. The normalized spacial score (nSPS) is 0. The van der Waals surface area contributed by atoms with Gasteiger partial charge >= 0.3 is 55.8 Å². The van der Waals surface area contributed by atoms with Crippen LogP contribution in [0.3, 0.4) is 0 Å². The molecule has 0 N–H and O–H groups in total. The summed E-state index contributed by atoms with van der Waals surface area (Å²) >= 11 is 0. The first-order valence-corrected chi connectivity index (χ1v) is 0. The summed E-state index contributed by atoms with van der Waals surface area (Å²) in [5.41, 5.74) is 0. The van der Waals surface area contributed by atoms with Crippen LogP contribution < -0.4 is 0 Å². The Balaban J connectivity index is 0. The molecule has 0 aromatic carbocycles. The maximum atomic E-state index is 0. The van der Waals surface area contributed by atoms with Gasteiger partial charge in [-0.1, -0.05) is 0 Å². The van der Waals surface area contributed by atoms with Gasteiger partial charge in [0.05, 0.1) is 0 Å². The van der Waals surface area contributed by atoms with E-state index in [1.54, 1.807) is 0 Å². The topological polar surface area (TPSA) is 0 Å². The van der Waals surface area contributed by atoms with Crippen molar-refractivity contribution in [3.63, 3.8) is 0 Å². The molecule has 0 aromatic rings. The number of rotatable bonds is 0. The Morgan fingerprint density at radius 1 is 0.625 bits per heavy atom. The molecule has 53 valence electrons. The maximum Gasteiger partial charge on any atom is 0 e. The molecule has 1 radical (unpaired) electrons.